The number of aldehydes is 1. The first-order chi connectivity index (χ1) is 2.77. The Kier molecular flexibility index (Phi) is 2.64. The molecule has 0 aromatic heterocycles. The predicted octanol–water partition coefficient (Wildman–Crippen LogP) is -0.0638. The minimum absolute atomic E-state index is 0.389. The summed E-state index contributed by atoms with van der Waals surface area (Å²) in [6.07, 6.45) is 1.18. The summed E-state index contributed by atoms with van der Waals surface area (Å²) >= 11 is 0. The second kappa shape index (κ2) is 2.82. The molecule has 0 saturated heterocycles. The van der Waals surface area contributed by atoms with Crippen molar-refractivity contribution in [3.63, 3.8) is 0 Å². The van der Waals surface area contributed by atoms with Crippen LogP contribution in [0.15, 0.2) is 0 Å². The fraction of sp³-hybridized carbons (Fsp3) is 0.500. The molecule has 0 unspecified atom stereocenters. The van der Waals surface area contributed by atoms with Crippen LogP contribution in [-0.2, 0) is 4.79 Å². The van der Waals surface area contributed by atoms with E-state index in [1.54, 1.807) is 6.92 Å². The predicted molar refractivity (Wildman–Crippen MR) is 27.1 cm³/mol. The topological polar surface area (TPSA) is 17.1 Å². The van der Waals surface area contributed by atoms with Gasteiger partial charge in [-0.05, 0) is 0 Å². The summed E-state index contributed by atoms with van der Waals surface area (Å²) in [5, 5.41) is 0. The fourth-order valence-electron chi connectivity index (χ4n) is 0.131. The normalized spacial score (nSPS) is 7.33. The Morgan fingerprint density at radius 2 is 2.50 bits per heavy atom. The van der Waals surface area contributed by atoms with Crippen molar-refractivity contribution in [1.82, 2.24) is 0 Å². The summed E-state index contributed by atoms with van der Waals surface area (Å²) < 4.78 is 0. The van der Waals surface area contributed by atoms with Crippen molar-refractivity contribution in [2.24, 2.45) is 0 Å². The Balaban J connectivity index is 3.05. The van der Waals surface area contributed by atoms with Crippen LogP contribution in [0.25, 0.3) is 0 Å². The molecule has 0 saturated carbocycles. The van der Waals surface area contributed by atoms with Gasteiger partial charge in [-0.1, -0.05) is 0 Å². The second-order valence-corrected chi connectivity index (χ2v) is 1.22. The van der Waals surface area contributed by atoms with Gasteiger partial charge >= 0.3 is 37.4 Å². The third-order valence-electron chi connectivity index (χ3n) is 0.405. The van der Waals surface area contributed by atoms with Gasteiger partial charge in [-0.15, -0.1) is 0 Å². The van der Waals surface area contributed by atoms with E-state index in [0.717, 1.165) is 6.29 Å². The van der Waals surface area contributed by atoms with Crippen LogP contribution >= 0.6 is 0 Å². The van der Waals surface area contributed by atoms with E-state index in [-0.39, 0.29) is 0 Å². The number of hydrogen-bond acceptors (Lipinski definition) is 1. The van der Waals surface area contributed by atoms with Crippen molar-refractivity contribution in [3.05, 3.63) is 0 Å². The third kappa shape index (κ3) is 3.60. The van der Waals surface area contributed by atoms with Gasteiger partial charge in [-0.2, -0.15) is 0 Å². The Morgan fingerprint density at radius 3 is 2.50 bits per heavy atom. The van der Waals surface area contributed by atoms with E-state index in [0.29, 0.717) is 11.9 Å². The summed E-state index contributed by atoms with van der Waals surface area (Å²) in [6.45, 7) is 1.72. The summed E-state index contributed by atoms with van der Waals surface area (Å²) in [5.74, 6) is 0. The standard InChI is InChI=1S/C4H6BO/c1-4(5)2-3-6/h3H,2H2,1H3. The van der Waals surface area contributed by atoms with Gasteiger partial charge < -0.3 is 0 Å². The maximum atomic E-state index is 9.51. The molecule has 0 N–H and O–H groups in total. The molecule has 0 aromatic carbocycles. The van der Waals surface area contributed by atoms with Gasteiger partial charge in [0.05, 0.1) is 0 Å². The number of carbonyl (C=O) groups is 1. The van der Waals surface area contributed by atoms with Gasteiger partial charge in [0.15, 0.2) is 0 Å². The van der Waals surface area contributed by atoms with Gasteiger partial charge in [0.2, 0.25) is 0 Å². The average molecular weight is 80.9 g/mol. The molecule has 6 heavy (non-hydrogen) atoms. The quantitative estimate of drug-likeness (QED) is 0.336. The molecule has 0 aromatic rings. The summed E-state index contributed by atoms with van der Waals surface area (Å²) in [7, 11) is 5.09. The molecule has 0 amide bonds. The number of hydrogen-bond donors (Lipinski definition) is 0. The van der Waals surface area contributed by atoms with Crippen LogP contribution in [-0.4, -0.2) is 19.2 Å². The van der Waals surface area contributed by atoms with Gasteiger partial charge in [0.25, 0.3) is 0 Å². The second-order valence-electron chi connectivity index (χ2n) is 1.22. The van der Waals surface area contributed by atoms with E-state index in [1.807, 2.05) is 0 Å². The first-order valence-corrected chi connectivity index (χ1v) is 1.79. The number of carbonyl (C=O) groups excluding carboxylic acids is 1. The zero-order chi connectivity index (χ0) is 4.99. The van der Waals surface area contributed by atoms with E-state index in [1.165, 1.54) is 0 Å². The molecule has 0 aliphatic carbocycles. The van der Waals surface area contributed by atoms with Crippen LogP contribution in [0, 0.1) is 0 Å². The Bertz CT molecular complexity index is 67.9. The Hall–Kier alpha value is -0.395. The molecular weight excluding hydrogens is 74.9 g/mol. The van der Waals surface area contributed by atoms with Crippen LogP contribution < -0.4 is 0 Å². The summed E-state index contributed by atoms with van der Waals surface area (Å²) in [4.78, 5) is 9.51. The molecule has 2 heteroatoms. The van der Waals surface area contributed by atoms with Gasteiger partial charge in [0.1, 0.15) is 0 Å². The van der Waals surface area contributed by atoms with Crippen molar-refractivity contribution in [2.45, 2.75) is 13.3 Å². The molecule has 0 atom stereocenters. The molecule has 0 aliphatic heterocycles. The molecular formula is C4H6BO. The van der Waals surface area contributed by atoms with Crippen LogP contribution in [0.4, 0.5) is 0 Å². The van der Waals surface area contributed by atoms with Crippen molar-refractivity contribution in [1.29, 1.82) is 0 Å². The van der Waals surface area contributed by atoms with Crippen molar-refractivity contribution in [3.8, 4) is 0 Å². The van der Waals surface area contributed by atoms with Crippen molar-refractivity contribution >= 4 is 19.2 Å². The molecule has 0 aliphatic rings. The first-order valence-electron chi connectivity index (χ1n) is 1.79. The van der Waals surface area contributed by atoms with Crippen molar-refractivity contribution in [2.75, 3.05) is 0 Å². The maximum absolute atomic E-state index is 9.51. The third-order valence-corrected chi connectivity index (χ3v) is 0.405. The Morgan fingerprint density at radius 1 is 2.00 bits per heavy atom. The SMILES string of the molecule is [B]=C(C)CC=O. The number of rotatable bonds is 2. The Labute approximate surface area is 38.4 Å². The molecule has 0 spiro atoms. The van der Waals surface area contributed by atoms with E-state index >= 15 is 0 Å². The van der Waals surface area contributed by atoms with Crippen molar-refractivity contribution < 1.29 is 4.79 Å². The molecule has 0 bridgehead atoms. The molecule has 1 nitrogen and oxygen atoms in total. The van der Waals surface area contributed by atoms with Crippen LogP contribution in [0.3, 0.4) is 0 Å². The summed E-state index contributed by atoms with van der Waals surface area (Å²) in [5.41, 5.74) is 0.671. The van der Waals surface area contributed by atoms with Gasteiger partial charge in [-0.25, -0.2) is 0 Å². The van der Waals surface area contributed by atoms with E-state index in [9.17, 15) is 4.79 Å². The van der Waals surface area contributed by atoms with E-state index in [2.05, 4.69) is 0 Å². The molecule has 31 valence electrons. The van der Waals surface area contributed by atoms with Gasteiger partial charge in [-0.3, -0.25) is 0 Å². The van der Waals surface area contributed by atoms with Crippen LogP contribution in [0.5, 0.6) is 0 Å². The first kappa shape index (κ1) is 5.60. The minimum atomic E-state index is 0.389. The molecule has 0 heterocycles. The summed E-state index contributed by atoms with van der Waals surface area (Å²) in [6, 6.07) is 0. The monoisotopic (exact) mass is 81.1 g/mol. The van der Waals surface area contributed by atoms with Crippen LogP contribution in [0.1, 0.15) is 13.3 Å². The van der Waals surface area contributed by atoms with Gasteiger partial charge in [0, 0.05) is 0 Å². The molecule has 0 fully saturated rings. The molecule has 0 rings (SSSR count). The average Bonchev–Trinajstić information content (AvgIpc) is 1.35. The zero-order valence-corrected chi connectivity index (χ0v) is 3.77. The molecule has 1 radical (unpaired) electrons. The van der Waals surface area contributed by atoms with E-state index in [4.69, 9.17) is 7.49 Å². The zero-order valence-electron chi connectivity index (χ0n) is 3.77. The van der Waals surface area contributed by atoms with Crippen LogP contribution in [0.2, 0.25) is 0 Å². The van der Waals surface area contributed by atoms with E-state index < -0.39 is 0 Å². The fourth-order valence-corrected chi connectivity index (χ4v) is 0.131.